The van der Waals surface area contributed by atoms with Crippen molar-refractivity contribution in [1.82, 2.24) is 5.32 Å². The minimum absolute atomic E-state index is 0.0756. The fourth-order valence-corrected chi connectivity index (χ4v) is 9.23. The fraction of sp³-hybridized carbons (Fsp3) is 0.911. The Bertz CT molecular complexity index is 1110. The summed E-state index contributed by atoms with van der Waals surface area (Å²) in [4.78, 5) is 23.3. The van der Waals surface area contributed by atoms with Gasteiger partial charge in [-0.15, -0.1) is 0 Å². The second-order valence-corrected chi connectivity index (χ2v) is 22.1. The normalized spacial score (nSPS) is 14.1. The zero-order valence-corrected chi connectivity index (χ0v) is 44.9. The molecule has 0 saturated carbocycles. The van der Waals surface area contributed by atoms with Crippen LogP contribution >= 0.6 is 7.82 Å². The lowest BCUT2D eigenvalue weighted by atomic mass is 10.0. The summed E-state index contributed by atoms with van der Waals surface area (Å²) in [6.45, 7) is 4.91. The quantitative estimate of drug-likeness (QED) is 0.0243. The van der Waals surface area contributed by atoms with E-state index in [1.165, 1.54) is 205 Å². The van der Waals surface area contributed by atoms with Crippen molar-refractivity contribution in [2.75, 3.05) is 40.9 Å². The molecule has 65 heavy (non-hydrogen) atoms. The Morgan fingerprint density at radius 1 is 0.523 bits per heavy atom. The molecule has 0 aliphatic heterocycles. The first-order chi connectivity index (χ1) is 31.5. The summed E-state index contributed by atoms with van der Waals surface area (Å²) in [7, 11) is 1.62. The van der Waals surface area contributed by atoms with Crippen LogP contribution in [0.25, 0.3) is 0 Å². The van der Waals surface area contributed by atoms with Gasteiger partial charge in [0, 0.05) is 6.42 Å². The van der Waals surface area contributed by atoms with Crippen molar-refractivity contribution in [2.45, 2.75) is 289 Å². The van der Waals surface area contributed by atoms with Gasteiger partial charge in [-0.1, -0.05) is 250 Å². The molecular formula is C56H112N2O6P+. The molecular weight excluding hydrogens is 828 g/mol. The summed E-state index contributed by atoms with van der Waals surface area (Å²) in [6, 6.07) is -0.760. The topological polar surface area (TPSA) is 105 Å². The first-order valence-electron chi connectivity index (χ1n) is 28.2. The van der Waals surface area contributed by atoms with Gasteiger partial charge in [-0.2, -0.15) is 0 Å². The third kappa shape index (κ3) is 50.7. The van der Waals surface area contributed by atoms with Crippen LogP contribution in [0.2, 0.25) is 0 Å². The summed E-state index contributed by atoms with van der Waals surface area (Å²) < 4.78 is 23.8. The van der Waals surface area contributed by atoms with Gasteiger partial charge in [-0.3, -0.25) is 13.8 Å². The molecule has 3 atom stereocenters. The largest absolute Gasteiger partial charge is 0.472 e. The number of quaternary nitrogens is 1. The Morgan fingerprint density at radius 2 is 0.877 bits per heavy atom. The van der Waals surface area contributed by atoms with Gasteiger partial charge in [-0.05, 0) is 44.9 Å². The number of unbranched alkanes of at least 4 members (excludes halogenated alkanes) is 35. The number of phosphoric ester groups is 1. The predicted octanol–water partition coefficient (Wildman–Crippen LogP) is 16.8. The predicted molar refractivity (Wildman–Crippen MR) is 281 cm³/mol. The van der Waals surface area contributed by atoms with Gasteiger partial charge in [0.05, 0.1) is 39.9 Å². The van der Waals surface area contributed by atoms with E-state index in [4.69, 9.17) is 9.05 Å². The molecule has 3 unspecified atom stereocenters. The number of phosphoric acid groups is 1. The van der Waals surface area contributed by atoms with E-state index in [-0.39, 0.29) is 19.1 Å². The number of amides is 1. The monoisotopic (exact) mass is 940 g/mol. The lowest BCUT2D eigenvalue weighted by Gasteiger charge is -2.26. The molecule has 0 fully saturated rings. The molecule has 0 aliphatic carbocycles. The van der Waals surface area contributed by atoms with E-state index in [2.05, 4.69) is 43.5 Å². The van der Waals surface area contributed by atoms with Crippen LogP contribution in [0.4, 0.5) is 0 Å². The minimum Gasteiger partial charge on any atom is -0.391 e. The Kier molecular flexibility index (Phi) is 47.3. The van der Waals surface area contributed by atoms with Crippen LogP contribution in [-0.4, -0.2) is 73.4 Å². The summed E-state index contributed by atoms with van der Waals surface area (Å²) in [5.74, 6) is -0.143. The summed E-state index contributed by atoms with van der Waals surface area (Å²) in [5.41, 5.74) is 0. The average molecular weight is 940 g/mol. The highest BCUT2D eigenvalue weighted by Crippen LogP contribution is 2.43. The van der Waals surface area contributed by atoms with E-state index in [1.807, 2.05) is 21.1 Å². The van der Waals surface area contributed by atoms with E-state index in [9.17, 15) is 19.4 Å². The van der Waals surface area contributed by atoms with Crippen LogP contribution in [0.1, 0.15) is 277 Å². The Balaban J connectivity index is 4.18. The van der Waals surface area contributed by atoms with Crippen molar-refractivity contribution in [1.29, 1.82) is 0 Å². The number of rotatable bonds is 52. The molecule has 0 saturated heterocycles. The molecule has 0 aromatic rings. The van der Waals surface area contributed by atoms with Crippen molar-refractivity contribution in [3.05, 3.63) is 24.3 Å². The Labute approximate surface area is 404 Å². The summed E-state index contributed by atoms with van der Waals surface area (Å²) in [6.07, 6.45) is 59.3. The van der Waals surface area contributed by atoms with Crippen molar-refractivity contribution >= 4 is 13.7 Å². The molecule has 9 heteroatoms. The van der Waals surface area contributed by atoms with Crippen LogP contribution in [-0.2, 0) is 18.4 Å². The van der Waals surface area contributed by atoms with Crippen LogP contribution in [0.3, 0.4) is 0 Å². The van der Waals surface area contributed by atoms with Gasteiger partial charge in [0.1, 0.15) is 13.2 Å². The number of hydrogen-bond donors (Lipinski definition) is 3. The lowest BCUT2D eigenvalue weighted by Crippen LogP contribution is -2.46. The van der Waals surface area contributed by atoms with E-state index < -0.39 is 20.0 Å². The Hall–Kier alpha value is -1.02. The molecule has 386 valence electrons. The highest BCUT2D eigenvalue weighted by molar-refractivity contribution is 7.47. The molecule has 0 rings (SSSR count). The zero-order valence-electron chi connectivity index (χ0n) is 44.0. The SMILES string of the molecule is CCCCCCC/C=C\C/C=C\CCCCCCCCCCCCCC(=O)NC(COP(=O)(O)OCC[N+](C)(C)C)C(O)CCCCCCCCCCCCCCCCCCCCCC. The minimum atomic E-state index is -4.32. The first-order valence-corrected chi connectivity index (χ1v) is 29.7. The average Bonchev–Trinajstić information content (AvgIpc) is 3.26. The van der Waals surface area contributed by atoms with Crippen LogP contribution in [0.15, 0.2) is 24.3 Å². The molecule has 0 aliphatic rings. The van der Waals surface area contributed by atoms with Crippen molar-refractivity contribution in [3.63, 3.8) is 0 Å². The van der Waals surface area contributed by atoms with Crippen LogP contribution in [0, 0.1) is 0 Å². The standard InChI is InChI=1S/C56H111N2O6P/c1-6-8-10-12-14-16-18-20-22-24-26-28-29-30-32-34-36-38-40-42-44-46-48-50-56(60)57-54(53-64-65(61,62)63-52-51-58(3,4)5)55(59)49-47-45-43-41-39-37-35-33-31-27-25-23-21-19-17-15-13-11-9-7-2/h18,20,24,26,54-55,59H,6-17,19,21-23,25,27-53H2,1-5H3,(H-,57,60,61,62)/p+1/b20-18-,26-24-. The number of nitrogens with zero attached hydrogens (tertiary/aromatic N) is 1. The van der Waals surface area contributed by atoms with Gasteiger partial charge in [0.2, 0.25) is 5.91 Å². The summed E-state index contributed by atoms with van der Waals surface area (Å²) in [5, 5.41) is 14.1. The summed E-state index contributed by atoms with van der Waals surface area (Å²) >= 11 is 0. The first kappa shape index (κ1) is 64.0. The maximum absolute atomic E-state index is 13.0. The van der Waals surface area contributed by atoms with Gasteiger partial charge in [0.25, 0.3) is 0 Å². The van der Waals surface area contributed by atoms with Crippen LogP contribution in [0.5, 0.6) is 0 Å². The molecule has 0 bridgehead atoms. The second kappa shape index (κ2) is 48.0. The van der Waals surface area contributed by atoms with Gasteiger partial charge < -0.3 is 19.8 Å². The van der Waals surface area contributed by atoms with Crippen molar-refractivity contribution in [2.24, 2.45) is 0 Å². The van der Waals surface area contributed by atoms with Gasteiger partial charge >= 0.3 is 7.82 Å². The molecule has 0 radical (unpaired) electrons. The maximum atomic E-state index is 13.0. The van der Waals surface area contributed by atoms with Crippen molar-refractivity contribution in [3.8, 4) is 0 Å². The highest BCUT2D eigenvalue weighted by Gasteiger charge is 2.28. The molecule has 8 nitrogen and oxygen atoms in total. The van der Waals surface area contributed by atoms with E-state index in [1.54, 1.807) is 0 Å². The third-order valence-corrected chi connectivity index (χ3v) is 13.9. The highest BCUT2D eigenvalue weighted by atomic mass is 31.2. The third-order valence-electron chi connectivity index (χ3n) is 13.0. The number of aliphatic hydroxyl groups is 1. The Morgan fingerprint density at radius 3 is 1.26 bits per heavy atom. The zero-order chi connectivity index (χ0) is 47.8. The number of likely N-dealkylation sites (N-methyl/N-ethyl adjacent to an activating group) is 1. The number of allylic oxidation sites excluding steroid dienone is 4. The van der Waals surface area contributed by atoms with E-state index >= 15 is 0 Å². The second-order valence-electron chi connectivity index (χ2n) is 20.7. The number of nitrogens with one attached hydrogen (secondary N) is 1. The number of carbonyl (C=O) groups is 1. The number of carbonyl (C=O) groups excluding carboxylic acids is 1. The number of hydrogen-bond acceptors (Lipinski definition) is 5. The van der Waals surface area contributed by atoms with E-state index in [0.717, 1.165) is 44.9 Å². The molecule has 0 spiro atoms. The van der Waals surface area contributed by atoms with E-state index in [0.29, 0.717) is 23.9 Å². The van der Waals surface area contributed by atoms with Gasteiger partial charge in [0.15, 0.2) is 0 Å². The van der Waals surface area contributed by atoms with Crippen LogP contribution < -0.4 is 5.32 Å². The van der Waals surface area contributed by atoms with Gasteiger partial charge in [-0.25, -0.2) is 4.57 Å². The van der Waals surface area contributed by atoms with Crippen molar-refractivity contribution < 1.29 is 32.9 Å². The fourth-order valence-electron chi connectivity index (χ4n) is 8.49. The molecule has 0 aromatic carbocycles. The maximum Gasteiger partial charge on any atom is 0.472 e. The molecule has 3 N–H and O–H groups in total. The molecule has 0 aromatic heterocycles. The lowest BCUT2D eigenvalue weighted by molar-refractivity contribution is -0.870. The number of aliphatic hydroxyl groups excluding tert-OH is 1. The smallest absolute Gasteiger partial charge is 0.391 e. The molecule has 1 amide bonds. The molecule has 0 heterocycles.